The summed E-state index contributed by atoms with van der Waals surface area (Å²) in [6, 6.07) is 30.8. The van der Waals surface area contributed by atoms with Crippen LogP contribution in [0.4, 0.5) is 0 Å². The van der Waals surface area contributed by atoms with E-state index >= 15 is 0 Å². The average Bonchev–Trinajstić information content (AvgIpc) is 2.64. The molecule has 0 radical (unpaired) electrons. The zero-order valence-corrected chi connectivity index (χ0v) is 16.0. The minimum atomic E-state index is -1.89. The maximum Gasteiger partial charge on any atom is 0.230 e. The van der Waals surface area contributed by atoms with Gasteiger partial charge in [-0.15, -0.1) is 0 Å². The molecule has 3 rings (SSSR count). The van der Waals surface area contributed by atoms with Gasteiger partial charge in [0.2, 0.25) is 8.32 Å². The number of rotatable bonds is 6. The maximum absolute atomic E-state index is 6.31. The molecular weight excluding hydrogens is 324 g/mol. The van der Waals surface area contributed by atoms with Crippen LogP contribution in [-0.4, -0.2) is 8.32 Å². The largest absolute Gasteiger partial charge is 0.285 e. The highest BCUT2D eigenvalue weighted by Gasteiger charge is 2.40. The molecule has 0 unspecified atom stereocenters. The highest BCUT2D eigenvalue weighted by atomic mass is 28.4. The van der Waals surface area contributed by atoms with Crippen molar-refractivity contribution in [3.05, 3.63) is 108 Å². The van der Waals surface area contributed by atoms with Crippen molar-refractivity contribution in [3.63, 3.8) is 0 Å². The summed E-state index contributed by atoms with van der Waals surface area (Å²) in [6.07, 6.45) is 0. The Morgan fingerprint density at radius 2 is 0.880 bits per heavy atom. The molecule has 0 N–H and O–H groups in total. The third-order valence-corrected chi connectivity index (χ3v) is 4.54. The average molecular weight is 349 g/mol. The van der Waals surface area contributed by atoms with E-state index < -0.39 is 13.9 Å². The van der Waals surface area contributed by atoms with Crippen LogP contribution in [0.25, 0.3) is 0 Å². The van der Waals surface area contributed by atoms with Crippen LogP contribution in [0.15, 0.2) is 91.0 Å². The van der Waals surface area contributed by atoms with E-state index in [-0.39, 0.29) is 0 Å². The van der Waals surface area contributed by atoms with Crippen LogP contribution in [0, 0.1) is 0 Å². The van der Waals surface area contributed by atoms with Crippen LogP contribution >= 0.6 is 0 Å². The number of hydrogen-bond acceptors (Lipinski definition) is 2. The first-order chi connectivity index (χ1) is 12.0. The van der Waals surface area contributed by atoms with E-state index in [0.717, 1.165) is 16.7 Å². The van der Waals surface area contributed by atoms with Gasteiger partial charge in [-0.25, -0.2) is 4.89 Å². The second-order valence-electron chi connectivity index (χ2n) is 7.06. The van der Waals surface area contributed by atoms with Crippen molar-refractivity contribution in [1.29, 1.82) is 0 Å². The molecule has 3 aromatic carbocycles. The van der Waals surface area contributed by atoms with E-state index in [9.17, 15) is 0 Å². The summed E-state index contributed by atoms with van der Waals surface area (Å²) < 4.78 is 6.00. The lowest BCUT2D eigenvalue weighted by Gasteiger charge is -2.36. The summed E-state index contributed by atoms with van der Waals surface area (Å²) >= 11 is 0. The monoisotopic (exact) mass is 348 g/mol. The zero-order chi connectivity index (χ0) is 17.8. The molecule has 3 aromatic rings. The highest BCUT2D eigenvalue weighted by Crippen LogP contribution is 2.41. The molecule has 25 heavy (non-hydrogen) atoms. The van der Waals surface area contributed by atoms with Crippen molar-refractivity contribution in [1.82, 2.24) is 0 Å². The Balaban J connectivity index is 2.24. The lowest BCUT2D eigenvalue weighted by Crippen LogP contribution is -2.38. The fraction of sp³-hybridized carbons (Fsp3) is 0.182. The van der Waals surface area contributed by atoms with Crippen LogP contribution in [-0.2, 0) is 15.1 Å². The van der Waals surface area contributed by atoms with Crippen LogP contribution in [0.3, 0.4) is 0 Å². The van der Waals surface area contributed by atoms with Gasteiger partial charge in [-0.3, -0.25) is 4.58 Å². The molecule has 0 atom stereocenters. The molecule has 0 amide bonds. The molecule has 0 fully saturated rings. The third-order valence-electron chi connectivity index (χ3n) is 3.96. The molecule has 0 spiro atoms. The summed E-state index contributed by atoms with van der Waals surface area (Å²) in [5.41, 5.74) is 2.34. The molecule has 0 bridgehead atoms. The molecular formula is C22H24O2Si. The van der Waals surface area contributed by atoms with Crippen LogP contribution < -0.4 is 0 Å². The third kappa shape index (κ3) is 3.90. The quantitative estimate of drug-likeness (QED) is 0.244. The van der Waals surface area contributed by atoms with Crippen molar-refractivity contribution in [2.75, 3.05) is 0 Å². The normalized spacial score (nSPS) is 12.1. The van der Waals surface area contributed by atoms with Gasteiger partial charge >= 0.3 is 0 Å². The summed E-state index contributed by atoms with van der Waals surface area (Å²) in [5, 5.41) is 0. The smallest absolute Gasteiger partial charge is 0.230 e. The highest BCUT2D eigenvalue weighted by molar-refractivity contribution is 6.69. The van der Waals surface area contributed by atoms with Crippen LogP contribution in [0.1, 0.15) is 16.7 Å². The minimum Gasteiger partial charge on any atom is -0.285 e. The standard InChI is InChI=1S/C22H24O2Si/c1-25(2,3)24-23-22(19-13-7-4-8-14-19,20-15-9-5-10-16-20)21-17-11-6-12-18-21/h4-18H,1-3H3. The van der Waals surface area contributed by atoms with E-state index in [0.29, 0.717) is 0 Å². The van der Waals surface area contributed by atoms with Crippen molar-refractivity contribution >= 4 is 8.32 Å². The Kier molecular flexibility index (Phi) is 5.18. The molecule has 0 heterocycles. The van der Waals surface area contributed by atoms with Gasteiger partial charge in [0, 0.05) is 0 Å². The Bertz CT molecular complexity index is 684. The fourth-order valence-corrected chi connectivity index (χ4v) is 3.23. The van der Waals surface area contributed by atoms with Crippen molar-refractivity contribution in [2.24, 2.45) is 0 Å². The molecule has 128 valence electrons. The van der Waals surface area contributed by atoms with Crippen molar-refractivity contribution < 1.29 is 9.46 Å². The van der Waals surface area contributed by atoms with Gasteiger partial charge in [-0.2, -0.15) is 0 Å². The van der Waals surface area contributed by atoms with Gasteiger partial charge in [0.25, 0.3) is 0 Å². The fourth-order valence-electron chi connectivity index (χ4n) is 2.85. The predicted molar refractivity (Wildman–Crippen MR) is 105 cm³/mol. The molecule has 0 saturated carbocycles. The number of hydrogen-bond donors (Lipinski definition) is 0. The molecule has 0 aliphatic carbocycles. The summed E-state index contributed by atoms with van der Waals surface area (Å²) in [7, 11) is -1.89. The van der Waals surface area contributed by atoms with Crippen molar-refractivity contribution in [3.8, 4) is 0 Å². The van der Waals surface area contributed by atoms with Gasteiger partial charge in [0.05, 0.1) is 0 Å². The zero-order valence-electron chi connectivity index (χ0n) is 15.0. The molecule has 2 nitrogen and oxygen atoms in total. The maximum atomic E-state index is 6.31. The summed E-state index contributed by atoms with van der Waals surface area (Å²) in [6.45, 7) is 6.37. The van der Waals surface area contributed by atoms with Gasteiger partial charge in [0.15, 0.2) is 5.60 Å². The first kappa shape index (κ1) is 17.6. The molecule has 0 saturated heterocycles. The molecule has 3 heteroatoms. The van der Waals surface area contributed by atoms with Crippen LogP contribution in [0.5, 0.6) is 0 Å². The second-order valence-corrected chi connectivity index (χ2v) is 11.4. The van der Waals surface area contributed by atoms with Gasteiger partial charge in [0.1, 0.15) is 0 Å². The lowest BCUT2D eigenvalue weighted by atomic mass is 9.80. The van der Waals surface area contributed by atoms with E-state index in [1.54, 1.807) is 0 Å². The SMILES string of the molecule is C[Si](C)(C)OOC(c1ccccc1)(c1ccccc1)c1ccccc1. The van der Waals surface area contributed by atoms with E-state index in [1.165, 1.54) is 0 Å². The Morgan fingerprint density at radius 3 is 1.16 bits per heavy atom. The van der Waals surface area contributed by atoms with Crippen molar-refractivity contribution in [2.45, 2.75) is 25.2 Å². The molecule has 0 aromatic heterocycles. The van der Waals surface area contributed by atoms with E-state index in [4.69, 9.17) is 9.46 Å². The van der Waals surface area contributed by atoms with Gasteiger partial charge < -0.3 is 0 Å². The molecule has 0 aliphatic rings. The van der Waals surface area contributed by atoms with Gasteiger partial charge in [-0.1, -0.05) is 91.0 Å². The van der Waals surface area contributed by atoms with E-state index in [2.05, 4.69) is 56.0 Å². The lowest BCUT2D eigenvalue weighted by molar-refractivity contribution is -0.279. The Labute approximate surface area is 151 Å². The first-order valence-electron chi connectivity index (χ1n) is 8.56. The Hall–Kier alpha value is -2.20. The topological polar surface area (TPSA) is 18.5 Å². The predicted octanol–water partition coefficient (Wildman–Crippen LogP) is 5.76. The van der Waals surface area contributed by atoms with Gasteiger partial charge in [-0.05, 0) is 36.3 Å². The second kappa shape index (κ2) is 7.36. The van der Waals surface area contributed by atoms with E-state index in [1.807, 2.05) is 54.6 Å². The minimum absolute atomic E-state index is 0.802. The first-order valence-corrected chi connectivity index (χ1v) is 12.0. The molecule has 0 aliphatic heterocycles. The summed E-state index contributed by atoms with van der Waals surface area (Å²) in [4.78, 5) is 6.31. The Morgan fingerprint density at radius 1 is 0.560 bits per heavy atom. The van der Waals surface area contributed by atoms with Crippen LogP contribution in [0.2, 0.25) is 19.6 Å². The number of benzene rings is 3. The summed E-state index contributed by atoms with van der Waals surface area (Å²) in [5.74, 6) is 0.